The molecule has 9 heteroatoms. The van der Waals surface area contributed by atoms with Crippen molar-refractivity contribution in [1.82, 2.24) is 0 Å². The summed E-state index contributed by atoms with van der Waals surface area (Å²) in [4.78, 5) is 5.04. The minimum atomic E-state index is -4.77. The van der Waals surface area contributed by atoms with Gasteiger partial charge in [0.25, 0.3) is 5.79 Å². The largest absolute Gasteiger partial charge is 0.466 e. The molecule has 0 radical (unpaired) electrons. The fraction of sp³-hybridized carbons (Fsp3) is 0.895. The van der Waals surface area contributed by atoms with Crippen LogP contribution >= 0.6 is 15.9 Å². The first-order valence-corrected chi connectivity index (χ1v) is 10.9. The topological polar surface area (TPSA) is 57.2 Å². The predicted octanol–water partition coefficient (Wildman–Crippen LogP) is 5.25. The highest BCUT2D eigenvalue weighted by molar-refractivity contribution is 9.09. The van der Waals surface area contributed by atoms with E-state index >= 15 is 0 Å². The van der Waals surface area contributed by atoms with Gasteiger partial charge in [-0.15, -0.1) is 0 Å². The Kier molecular flexibility index (Phi) is 6.43. The lowest BCUT2D eigenvalue weighted by Gasteiger charge is -2.60. The van der Waals surface area contributed by atoms with Crippen molar-refractivity contribution in [3.05, 3.63) is 11.8 Å². The van der Waals surface area contributed by atoms with Gasteiger partial charge >= 0.3 is 6.18 Å². The summed E-state index contributed by atoms with van der Waals surface area (Å²) in [5.74, 6) is -4.17. The fourth-order valence-electron chi connectivity index (χ4n) is 5.27. The molecule has 0 bridgehead atoms. The van der Waals surface area contributed by atoms with E-state index in [1.165, 1.54) is 6.92 Å². The van der Waals surface area contributed by atoms with Crippen LogP contribution in [-0.4, -0.2) is 41.0 Å². The monoisotopic (exact) mass is 472 g/mol. The molecule has 7 atom stereocenters. The number of allylic oxidation sites excluding steroid dienone is 2. The number of halogens is 4. The number of alkyl halides is 4. The Balaban J connectivity index is 2.09. The van der Waals surface area contributed by atoms with E-state index in [0.29, 0.717) is 30.4 Å². The second-order valence-corrected chi connectivity index (χ2v) is 8.97. The van der Waals surface area contributed by atoms with Crippen LogP contribution in [0.25, 0.3) is 0 Å². The average molecular weight is 473 g/mol. The zero-order chi connectivity index (χ0) is 20.7. The first-order valence-electron chi connectivity index (χ1n) is 9.74. The third-order valence-corrected chi connectivity index (χ3v) is 7.29. The van der Waals surface area contributed by atoms with Crippen molar-refractivity contribution in [3.8, 4) is 0 Å². The molecule has 2 heterocycles. The molecule has 1 saturated carbocycles. The summed E-state index contributed by atoms with van der Waals surface area (Å²) >= 11 is 3.21. The van der Waals surface area contributed by atoms with Gasteiger partial charge in [0.2, 0.25) is 6.29 Å². The number of ether oxygens (including phenoxy) is 3. The summed E-state index contributed by atoms with van der Waals surface area (Å²) in [5.41, 5.74) is -1.38. The van der Waals surface area contributed by atoms with Gasteiger partial charge in [-0.2, -0.15) is 13.2 Å². The van der Waals surface area contributed by atoms with E-state index in [-0.39, 0.29) is 18.4 Å². The van der Waals surface area contributed by atoms with E-state index in [0.717, 1.165) is 6.42 Å². The summed E-state index contributed by atoms with van der Waals surface area (Å²) in [6, 6.07) is 0. The Morgan fingerprint density at radius 1 is 1.29 bits per heavy atom. The second kappa shape index (κ2) is 8.06. The lowest BCUT2D eigenvalue weighted by atomic mass is 9.57. The maximum Gasteiger partial charge on any atom is 0.443 e. The Bertz CT molecular complexity index is 601. The van der Waals surface area contributed by atoms with Crippen molar-refractivity contribution in [1.29, 1.82) is 0 Å². The molecular weight excluding hydrogens is 445 g/mol. The summed E-state index contributed by atoms with van der Waals surface area (Å²) in [6.45, 7) is 5.05. The third kappa shape index (κ3) is 3.31. The zero-order valence-electron chi connectivity index (χ0n) is 16.3. The molecule has 2 aliphatic heterocycles. The van der Waals surface area contributed by atoms with Crippen molar-refractivity contribution in [2.75, 3.05) is 11.9 Å². The Morgan fingerprint density at radius 3 is 2.61 bits per heavy atom. The van der Waals surface area contributed by atoms with E-state index in [9.17, 15) is 18.4 Å². The summed E-state index contributed by atoms with van der Waals surface area (Å²) in [7, 11) is 0. The number of rotatable bonds is 5. The van der Waals surface area contributed by atoms with Gasteiger partial charge in [0, 0.05) is 23.1 Å². The predicted molar refractivity (Wildman–Crippen MR) is 98.5 cm³/mol. The molecule has 0 spiro atoms. The van der Waals surface area contributed by atoms with E-state index in [1.807, 2.05) is 13.0 Å². The first kappa shape index (κ1) is 22.3. The summed E-state index contributed by atoms with van der Waals surface area (Å²) in [5, 5.41) is 10.5. The minimum absolute atomic E-state index is 0.115. The molecule has 0 unspecified atom stereocenters. The Labute approximate surface area is 171 Å². The van der Waals surface area contributed by atoms with Crippen LogP contribution in [0.15, 0.2) is 11.8 Å². The molecule has 162 valence electrons. The normalized spacial score (nSPS) is 43.6. The summed E-state index contributed by atoms with van der Waals surface area (Å²) < 4.78 is 59.8. The van der Waals surface area contributed by atoms with Crippen LogP contribution in [0.2, 0.25) is 0 Å². The minimum Gasteiger partial charge on any atom is -0.466 e. The average Bonchev–Trinajstić information content (AvgIpc) is 2.77. The quantitative estimate of drug-likeness (QED) is 0.256. The van der Waals surface area contributed by atoms with Crippen molar-refractivity contribution in [3.63, 3.8) is 0 Å². The lowest BCUT2D eigenvalue weighted by molar-refractivity contribution is -0.513. The van der Waals surface area contributed by atoms with Crippen molar-refractivity contribution in [2.24, 2.45) is 23.7 Å². The van der Waals surface area contributed by atoms with Crippen LogP contribution in [-0.2, 0) is 19.1 Å². The Morgan fingerprint density at radius 2 is 2.00 bits per heavy atom. The maximum atomic E-state index is 14.3. The molecule has 0 amide bonds. The fourth-order valence-corrected chi connectivity index (χ4v) is 5.50. The molecular formula is C19H28BrF3O5. The first-order chi connectivity index (χ1) is 13.1. The van der Waals surface area contributed by atoms with Gasteiger partial charge in [-0.1, -0.05) is 29.8 Å². The van der Waals surface area contributed by atoms with Gasteiger partial charge in [-0.25, -0.2) is 4.89 Å². The molecule has 3 rings (SSSR count). The molecule has 0 aromatic carbocycles. The van der Waals surface area contributed by atoms with Gasteiger partial charge in [0.05, 0.1) is 12.4 Å². The molecule has 2 fully saturated rings. The standard InChI is InChI=1S/C19H28BrF3O5/c1-11-5-7-15-13(3)18(19(21,22)23,25-10-4-9-20)27-16-17(15,28-24)14(11)8-6-12(2)26-16/h6,11,13-16,24H,4-5,7-10H2,1-3H3/t11-,13-,14+,15+,16+,17-,18-/m1/s1. The maximum absolute atomic E-state index is 14.3. The Hall–Kier alpha value is -0.350. The zero-order valence-corrected chi connectivity index (χ0v) is 17.9. The van der Waals surface area contributed by atoms with E-state index in [4.69, 9.17) is 19.1 Å². The van der Waals surface area contributed by atoms with E-state index in [1.54, 1.807) is 6.92 Å². The molecule has 1 N–H and O–H groups in total. The number of hydrogen-bond donors (Lipinski definition) is 1. The van der Waals surface area contributed by atoms with Gasteiger partial charge in [-0.3, -0.25) is 9.99 Å². The molecule has 3 aliphatic rings. The molecule has 0 aromatic heterocycles. The van der Waals surface area contributed by atoms with Crippen molar-refractivity contribution >= 4 is 15.9 Å². The highest BCUT2D eigenvalue weighted by atomic mass is 79.9. The highest BCUT2D eigenvalue weighted by Gasteiger charge is 2.75. The lowest BCUT2D eigenvalue weighted by Crippen LogP contribution is -2.74. The van der Waals surface area contributed by atoms with Crippen molar-refractivity contribution < 1.29 is 37.5 Å². The SMILES string of the molecule is CC1=CC[C@H]2[C@H](C)CC[C@H]3[C@@H](C)[C@](OCCCBr)(C(F)(F)F)O[C@H](O1)[C@@]23OO. The summed E-state index contributed by atoms with van der Waals surface area (Å²) in [6.07, 6.45) is -2.22. The molecule has 28 heavy (non-hydrogen) atoms. The van der Waals surface area contributed by atoms with Crippen LogP contribution in [0, 0.1) is 23.7 Å². The smallest absolute Gasteiger partial charge is 0.443 e. The van der Waals surface area contributed by atoms with Gasteiger partial charge in [0.1, 0.15) is 0 Å². The molecule has 1 saturated heterocycles. The number of hydrogen-bond acceptors (Lipinski definition) is 5. The highest BCUT2D eigenvalue weighted by Crippen LogP contribution is 2.61. The van der Waals surface area contributed by atoms with E-state index < -0.39 is 35.7 Å². The van der Waals surface area contributed by atoms with Crippen LogP contribution in [0.4, 0.5) is 13.2 Å². The van der Waals surface area contributed by atoms with Gasteiger partial charge in [-0.05, 0) is 44.6 Å². The molecule has 5 nitrogen and oxygen atoms in total. The van der Waals surface area contributed by atoms with E-state index in [2.05, 4.69) is 15.9 Å². The van der Waals surface area contributed by atoms with Gasteiger partial charge in [0.15, 0.2) is 5.60 Å². The van der Waals surface area contributed by atoms with Crippen LogP contribution in [0.5, 0.6) is 0 Å². The molecule has 0 aromatic rings. The van der Waals surface area contributed by atoms with Crippen LogP contribution < -0.4 is 0 Å². The second-order valence-electron chi connectivity index (χ2n) is 8.18. The third-order valence-electron chi connectivity index (χ3n) is 6.73. The van der Waals surface area contributed by atoms with Crippen LogP contribution in [0.1, 0.15) is 46.5 Å². The van der Waals surface area contributed by atoms with Crippen molar-refractivity contribution in [2.45, 2.75) is 70.3 Å². The van der Waals surface area contributed by atoms with Gasteiger partial charge < -0.3 is 9.47 Å². The van der Waals surface area contributed by atoms with Crippen LogP contribution in [0.3, 0.4) is 0 Å². The molecule has 1 aliphatic carbocycles.